The minimum absolute atomic E-state index is 0.00755. The van der Waals surface area contributed by atoms with Gasteiger partial charge in [0.2, 0.25) is 11.3 Å². The first-order valence-electron chi connectivity index (χ1n) is 9.39. The van der Waals surface area contributed by atoms with Gasteiger partial charge in [0.15, 0.2) is 5.78 Å². The zero-order valence-corrected chi connectivity index (χ0v) is 16.9. The van der Waals surface area contributed by atoms with Crippen LogP contribution in [0.25, 0.3) is 10.9 Å². The van der Waals surface area contributed by atoms with Crippen molar-refractivity contribution in [1.82, 2.24) is 9.71 Å². The van der Waals surface area contributed by atoms with E-state index in [9.17, 15) is 13.4 Å². The first-order chi connectivity index (χ1) is 14.5. The Hall–Kier alpha value is -2.72. The maximum absolute atomic E-state index is 14.1. The van der Waals surface area contributed by atoms with Crippen LogP contribution < -0.4 is 10.0 Å². The second-order valence-electron chi connectivity index (χ2n) is 6.71. The lowest BCUT2D eigenvalue weighted by Gasteiger charge is -2.08. The molecule has 0 saturated carbocycles. The lowest BCUT2D eigenvalue weighted by molar-refractivity contribution is 0.103. The molecule has 0 radical (unpaired) electrons. The molecule has 1 heterocycles. The lowest BCUT2D eigenvalue weighted by Crippen LogP contribution is -2.17. The number of halogens is 1. The molecule has 4 N–H and O–H groups in total. The molecular weight excluding hydrogens is 409 g/mol. The molecule has 158 valence electrons. The van der Waals surface area contributed by atoms with Crippen molar-refractivity contribution in [2.75, 3.05) is 25.0 Å². The van der Waals surface area contributed by atoms with E-state index in [2.05, 4.69) is 15.0 Å². The van der Waals surface area contributed by atoms with Crippen molar-refractivity contribution >= 4 is 33.6 Å². The van der Waals surface area contributed by atoms with Gasteiger partial charge in [-0.3, -0.25) is 14.3 Å². The van der Waals surface area contributed by atoms with Crippen molar-refractivity contribution in [2.45, 2.75) is 12.8 Å². The van der Waals surface area contributed by atoms with Gasteiger partial charge in [-0.1, -0.05) is 0 Å². The van der Waals surface area contributed by atoms with E-state index < -0.39 is 17.1 Å². The molecule has 3 aromatic rings. The van der Waals surface area contributed by atoms with Gasteiger partial charge in [-0.25, -0.2) is 13.3 Å². The minimum atomic E-state index is -2.08. The van der Waals surface area contributed by atoms with Gasteiger partial charge in [0.1, 0.15) is 5.82 Å². The number of fused-ring (bicyclic) bond motifs is 1. The number of aliphatic hydroxyl groups excluding tert-OH is 1. The summed E-state index contributed by atoms with van der Waals surface area (Å²) in [5.74, 6) is -0.812. The SMILES string of the molecule is O=C(c1cc(F)cc(CCCNS(=O)O)c1)c1ccc2ncc(NCCO)cc2c1. The number of rotatable bonds is 10. The molecule has 0 aliphatic carbocycles. The molecule has 0 bridgehead atoms. The van der Waals surface area contributed by atoms with Crippen LogP contribution in [0.2, 0.25) is 0 Å². The molecule has 0 spiro atoms. The number of nitrogens with zero attached hydrogens (tertiary/aromatic N) is 1. The van der Waals surface area contributed by atoms with Crippen molar-refractivity contribution in [3.63, 3.8) is 0 Å². The van der Waals surface area contributed by atoms with Gasteiger partial charge in [-0.2, -0.15) is 0 Å². The summed E-state index contributed by atoms with van der Waals surface area (Å²) in [5.41, 5.74) is 2.74. The van der Waals surface area contributed by atoms with Crippen molar-refractivity contribution in [2.24, 2.45) is 0 Å². The van der Waals surface area contributed by atoms with Gasteiger partial charge in [-0.15, -0.1) is 0 Å². The summed E-state index contributed by atoms with van der Waals surface area (Å²) in [6.07, 6.45) is 2.64. The Labute approximate surface area is 175 Å². The average molecular weight is 431 g/mol. The van der Waals surface area contributed by atoms with Gasteiger partial charge < -0.3 is 10.4 Å². The number of carbonyl (C=O) groups excluding carboxylic acids is 1. The minimum Gasteiger partial charge on any atom is -0.395 e. The van der Waals surface area contributed by atoms with Crippen LogP contribution in [-0.2, 0) is 17.7 Å². The fourth-order valence-electron chi connectivity index (χ4n) is 3.11. The van der Waals surface area contributed by atoms with E-state index in [1.807, 2.05) is 6.07 Å². The molecule has 0 fully saturated rings. The number of hydrogen-bond donors (Lipinski definition) is 4. The second kappa shape index (κ2) is 10.4. The predicted molar refractivity (Wildman–Crippen MR) is 114 cm³/mol. The molecule has 9 heteroatoms. The molecule has 0 aliphatic rings. The molecule has 0 aliphatic heterocycles. The Morgan fingerprint density at radius 2 is 1.93 bits per heavy atom. The van der Waals surface area contributed by atoms with Crippen LogP contribution in [-0.4, -0.2) is 44.3 Å². The zero-order chi connectivity index (χ0) is 21.5. The highest BCUT2D eigenvalue weighted by Gasteiger charge is 2.13. The second-order valence-corrected chi connectivity index (χ2v) is 7.49. The molecule has 1 unspecified atom stereocenters. The first-order valence-corrected chi connectivity index (χ1v) is 10.5. The van der Waals surface area contributed by atoms with Crippen LogP contribution in [0.5, 0.6) is 0 Å². The Morgan fingerprint density at radius 3 is 2.70 bits per heavy atom. The Bertz CT molecular complexity index is 1080. The monoisotopic (exact) mass is 431 g/mol. The lowest BCUT2D eigenvalue weighted by atomic mass is 9.98. The quantitative estimate of drug-likeness (QED) is 0.223. The molecule has 30 heavy (non-hydrogen) atoms. The highest BCUT2D eigenvalue weighted by molar-refractivity contribution is 7.77. The number of aliphatic hydroxyl groups is 1. The van der Waals surface area contributed by atoms with Gasteiger partial charge >= 0.3 is 0 Å². The molecule has 3 rings (SSSR count). The van der Waals surface area contributed by atoms with Crippen LogP contribution in [0.4, 0.5) is 10.1 Å². The van der Waals surface area contributed by atoms with E-state index in [1.165, 1.54) is 12.1 Å². The topological polar surface area (TPSA) is 112 Å². The maximum atomic E-state index is 14.1. The van der Waals surface area contributed by atoms with Gasteiger partial charge in [0.05, 0.1) is 24.0 Å². The smallest absolute Gasteiger partial charge is 0.231 e. The number of carbonyl (C=O) groups is 1. The van der Waals surface area contributed by atoms with Gasteiger partial charge in [0, 0.05) is 29.6 Å². The standard InChI is InChI=1S/C21H22FN3O4S/c22-18-9-14(2-1-5-25-30(28)29)8-17(11-18)21(27)15-3-4-20-16(10-15)12-19(13-24-20)23-6-7-26/h3-4,8-13,23,25-26H,1-2,5-7H2,(H,28,29). The number of pyridine rings is 1. The van der Waals surface area contributed by atoms with Crippen LogP contribution in [0.15, 0.2) is 48.7 Å². The molecule has 7 nitrogen and oxygen atoms in total. The van der Waals surface area contributed by atoms with Crippen molar-refractivity contribution in [3.05, 3.63) is 71.2 Å². The number of aromatic nitrogens is 1. The number of ketones is 1. The first kappa shape index (κ1) is 22.0. The summed E-state index contributed by atoms with van der Waals surface area (Å²) in [6.45, 7) is 0.682. The number of hydrogen-bond acceptors (Lipinski definition) is 5. The molecule has 0 saturated heterocycles. The average Bonchev–Trinajstić information content (AvgIpc) is 2.73. The fraction of sp³-hybridized carbons (Fsp3) is 0.238. The van der Waals surface area contributed by atoms with E-state index in [0.717, 1.165) is 16.6 Å². The van der Waals surface area contributed by atoms with E-state index >= 15 is 0 Å². The van der Waals surface area contributed by atoms with Gasteiger partial charge in [0.25, 0.3) is 0 Å². The van der Waals surface area contributed by atoms with E-state index in [1.54, 1.807) is 30.5 Å². The van der Waals surface area contributed by atoms with E-state index in [0.29, 0.717) is 37.1 Å². The van der Waals surface area contributed by atoms with Crippen LogP contribution in [0.3, 0.4) is 0 Å². The maximum Gasteiger partial charge on any atom is 0.231 e. The Kier molecular flexibility index (Phi) is 7.58. The van der Waals surface area contributed by atoms with Crippen LogP contribution >= 0.6 is 0 Å². The number of nitrogens with one attached hydrogen (secondary N) is 2. The molecule has 0 amide bonds. The molecular formula is C21H22FN3O4S. The number of anilines is 1. The third-order valence-corrected chi connectivity index (χ3v) is 4.92. The largest absolute Gasteiger partial charge is 0.395 e. The molecule has 1 atom stereocenters. The highest BCUT2D eigenvalue weighted by Crippen LogP contribution is 2.21. The third kappa shape index (κ3) is 5.90. The fourth-order valence-corrected chi connectivity index (χ4v) is 3.43. The van der Waals surface area contributed by atoms with Crippen LogP contribution in [0, 0.1) is 5.82 Å². The molecule has 1 aromatic heterocycles. The number of benzene rings is 2. The molecule has 2 aromatic carbocycles. The van der Waals surface area contributed by atoms with E-state index in [4.69, 9.17) is 9.66 Å². The Morgan fingerprint density at radius 1 is 1.10 bits per heavy atom. The summed E-state index contributed by atoms with van der Waals surface area (Å²) in [7, 11) is 0. The summed E-state index contributed by atoms with van der Waals surface area (Å²) in [4.78, 5) is 17.3. The van der Waals surface area contributed by atoms with Crippen molar-refractivity contribution < 1.29 is 23.1 Å². The zero-order valence-electron chi connectivity index (χ0n) is 16.1. The highest BCUT2D eigenvalue weighted by atomic mass is 32.2. The summed E-state index contributed by atoms with van der Waals surface area (Å²) < 4.78 is 35.8. The predicted octanol–water partition coefficient (Wildman–Crippen LogP) is 2.67. The third-order valence-electron chi connectivity index (χ3n) is 4.47. The van der Waals surface area contributed by atoms with Gasteiger partial charge in [-0.05, 0) is 60.9 Å². The normalized spacial score (nSPS) is 12.1. The van der Waals surface area contributed by atoms with E-state index in [-0.39, 0.29) is 18.0 Å². The van der Waals surface area contributed by atoms with Crippen molar-refractivity contribution in [3.8, 4) is 0 Å². The Balaban J connectivity index is 1.81. The van der Waals surface area contributed by atoms with Crippen molar-refractivity contribution in [1.29, 1.82) is 0 Å². The number of aryl methyl sites for hydroxylation is 1. The van der Waals surface area contributed by atoms with Crippen LogP contribution in [0.1, 0.15) is 27.9 Å². The summed E-state index contributed by atoms with van der Waals surface area (Å²) in [5, 5.41) is 12.7. The summed E-state index contributed by atoms with van der Waals surface area (Å²) in [6, 6.07) is 11.1. The summed E-state index contributed by atoms with van der Waals surface area (Å²) >= 11 is -2.08.